The lowest BCUT2D eigenvalue weighted by Crippen LogP contribution is -2.49. The summed E-state index contributed by atoms with van der Waals surface area (Å²) in [4.78, 5) is 71.5. The van der Waals surface area contributed by atoms with Crippen LogP contribution in [-0.4, -0.2) is 56.1 Å². The van der Waals surface area contributed by atoms with E-state index in [0.29, 0.717) is 27.0 Å². The number of ether oxygens (including phenoxy) is 1. The number of nitrogens with two attached hydrogens (primary N) is 1. The number of imide groups is 4. The van der Waals surface area contributed by atoms with Gasteiger partial charge < -0.3 is 15.6 Å². The van der Waals surface area contributed by atoms with E-state index in [4.69, 9.17) is 27.2 Å². The van der Waals surface area contributed by atoms with E-state index >= 15 is 0 Å². The third kappa shape index (κ3) is 4.56. The zero-order valence-electron chi connectivity index (χ0n) is 28.2. The molecule has 6 amide bonds. The fourth-order valence-electron chi connectivity index (χ4n) is 9.03. The topological polar surface area (TPSA) is 165 Å². The molecular weight excluding hydrogens is 694 g/mol. The molecule has 3 fully saturated rings. The number of fused-ring (bicyclic) bond motifs is 5. The van der Waals surface area contributed by atoms with Crippen LogP contribution in [0.4, 0.5) is 10.6 Å². The molecule has 2 aliphatic carbocycles. The van der Waals surface area contributed by atoms with Gasteiger partial charge in [-0.2, -0.15) is 10.00 Å². The Hall–Kier alpha value is -5.01. The van der Waals surface area contributed by atoms with Crippen LogP contribution in [0.5, 0.6) is 11.5 Å². The number of hydrogen-bond acceptors (Lipinski definition) is 9. The Labute approximate surface area is 301 Å². The van der Waals surface area contributed by atoms with Gasteiger partial charge in [0.25, 0.3) is 0 Å². The molecule has 4 aromatic rings. The summed E-state index contributed by atoms with van der Waals surface area (Å²) in [5.74, 6) is -5.83. The Morgan fingerprint density at radius 2 is 1.86 bits per heavy atom. The molecule has 2 saturated heterocycles. The zero-order chi connectivity index (χ0) is 36.3. The summed E-state index contributed by atoms with van der Waals surface area (Å²) in [5.41, 5.74) is 7.05. The van der Waals surface area contributed by atoms with Crippen molar-refractivity contribution in [1.82, 2.24) is 14.7 Å². The summed E-state index contributed by atoms with van der Waals surface area (Å²) in [6.45, 7) is 5.81. The lowest BCUT2D eigenvalue weighted by atomic mass is 9.51. The molecule has 1 saturated carbocycles. The zero-order valence-corrected chi connectivity index (χ0v) is 29.7. The number of phenols is 1. The van der Waals surface area contributed by atoms with Crippen molar-refractivity contribution in [3.8, 4) is 22.1 Å². The largest absolute Gasteiger partial charge is 0.504 e. The summed E-state index contributed by atoms with van der Waals surface area (Å²) in [5, 5.41) is 17.0. The number of hydrogen-bond donors (Lipinski definition) is 2. The molecule has 2 aromatic heterocycles. The van der Waals surface area contributed by atoms with Gasteiger partial charge in [-0.05, 0) is 86.4 Å². The van der Waals surface area contributed by atoms with Crippen LogP contribution in [0.25, 0.3) is 20.7 Å². The van der Waals surface area contributed by atoms with Crippen molar-refractivity contribution in [2.24, 2.45) is 41.9 Å². The van der Waals surface area contributed by atoms with Gasteiger partial charge in [0.1, 0.15) is 11.5 Å². The number of allylic oxidation sites excluding steroid dienone is 2. The van der Waals surface area contributed by atoms with E-state index in [9.17, 15) is 29.1 Å². The second-order valence-corrected chi connectivity index (χ2v) is 15.4. The van der Waals surface area contributed by atoms with Gasteiger partial charge in [-0.3, -0.25) is 23.9 Å². The molecule has 0 bridgehead atoms. The maximum atomic E-state index is 15.0. The lowest BCUT2D eigenvalue weighted by Gasteiger charge is -2.49. The first-order valence-corrected chi connectivity index (χ1v) is 17.9. The van der Waals surface area contributed by atoms with Crippen molar-refractivity contribution in [2.75, 3.05) is 11.5 Å². The van der Waals surface area contributed by atoms with Crippen LogP contribution in [0.1, 0.15) is 43.7 Å². The Morgan fingerprint density at radius 1 is 1.10 bits per heavy atom. The molecule has 2 aromatic carbocycles. The number of nitrogens with zero attached hydrogens (tertiary/aromatic N) is 4. The number of anilines is 1. The number of carbonyl (C=O) groups excluding carboxylic acids is 5. The van der Waals surface area contributed by atoms with Crippen LogP contribution in [0.3, 0.4) is 0 Å². The highest BCUT2D eigenvalue weighted by Crippen LogP contribution is 2.64. The standard InChI is InChI=1S/C37H34ClN5O7S/c1-5-50-26-12-17(6-10-25(26)44)30-19-8-9-20-29(34(47)43(32(20)45)36(39)49)22(19)14-23-33(46)42(35(48)37(23,30)3)28-15-24(40-41(28)4)31-16(2)21-13-18(38)7-11-27(21)51-31/h6-8,10-13,15,20,22-23,29-30,44H,5,9,14H2,1-4H3,(H2,39,49). The first kappa shape index (κ1) is 33.2. The Balaban J connectivity index is 1.26. The Bertz CT molecular complexity index is 2280. The number of halogens is 1. The average molecular weight is 728 g/mol. The van der Waals surface area contributed by atoms with Crippen molar-refractivity contribution < 1.29 is 33.8 Å². The second kappa shape index (κ2) is 11.5. The van der Waals surface area contributed by atoms with Crippen LogP contribution in [0, 0.1) is 36.0 Å². The number of aryl methyl sites for hydroxylation is 2. The van der Waals surface area contributed by atoms with E-state index in [0.717, 1.165) is 26.1 Å². The quantitative estimate of drug-likeness (QED) is 0.196. The van der Waals surface area contributed by atoms with Crippen molar-refractivity contribution >= 4 is 68.5 Å². The molecule has 4 heterocycles. The number of likely N-dealkylation sites (tertiary alicyclic amines) is 1. The molecule has 14 heteroatoms. The van der Waals surface area contributed by atoms with Gasteiger partial charge in [-0.25, -0.2) is 9.69 Å². The van der Waals surface area contributed by atoms with Crippen LogP contribution >= 0.6 is 22.9 Å². The molecule has 6 unspecified atom stereocenters. The number of primary amides is 1. The van der Waals surface area contributed by atoms with Gasteiger partial charge in [-0.15, -0.1) is 11.3 Å². The number of aromatic hydroxyl groups is 1. The van der Waals surface area contributed by atoms with Gasteiger partial charge in [-0.1, -0.05) is 29.3 Å². The minimum Gasteiger partial charge on any atom is -0.504 e. The van der Waals surface area contributed by atoms with Gasteiger partial charge >= 0.3 is 6.03 Å². The van der Waals surface area contributed by atoms with E-state index in [1.165, 1.54) is 15.6 Å². The van der Waals surface area contributed by atoms with Gasteiger partial charge in [0, 0.05) is 28.8 Å². The van der Waals surface area contributed by atoms with Crippen LogP contribution in [0.2, 0.25) is 5.02 Å². The number of rotatable bonds is 5. The third-order valence-corrected chi connectivity index (χ3v) is 12.9. The molecule has 6 atom stereocenters. The van der Waals surface area contributed by atoms with Crippen molar-refractivity contribution in [1.29, 1.82) is 0 Å². The van der Waals surface area contributed by atoms with Crippen LogP contribution < -0.4 is 15.4 Å². The van der Waals surface area contributed by atoms with Crippen molar-refractivity contribution in [2.45, 2.75) is 39.5 Å². The number of thiophene rings is 1. The highest BCUT2D eigenvalue weighted by Gasteiger charge is 2.68. The minimum absolute atomic E-state index is 0.0855. The molecule has 51 heavy (non-hydrogen) atoms. The van der Waals surface area contributed by atoms with E-state index in [1.807, 2.05) is 31.2 Å². The number of aromatic nitrogens is 2. The first-order valence-electron chi connectivity index (χ1n) is 16.7. The van der Waals surface area contributed by atoms with Crippen molar-refractivity contribution in [3.63, 3.8) is 0 Å². The van der Waals surface area contributed by atoms with Gasteiger partial charge in [0.15, 0.2) is 11.5 Å². The normalized spacial score (nSPS) is 27.2. The molecule has 4 aliphatic rings. The monoisotopic (exact) mass is 727 g/mol. The summed E-state index contributed by atoms with van der Waals surface area (Å²) in [7, 11) is 1.68. The van der Waals surface area contributed by atoms with Crippen LogP contribution in [-0.2, 0) is 26.2 Å². The second-order valence-electron chi connectivity index (χ2n) is 13.9. The molecule has 2 aliphatic heterocycles. The fraction of sp³-hybridized carbons (Fsp3) is 0.351. The van der Waals surface area contributed by atoms with E-state index in [-0.39, 0.29) is 30.9 Å². The summed E-state index contributed by atoms with van der Waals surface area (Å²) >= 11 is 7.83. The van der Waals surface area contributed by atoms with Gasteiger partial charge in [0.05, 0.1) is 34.7 Å². The van der Waals surface area contributed by atoms with Gasteiger partial charge in [0.2, 0.25) is 23.6 Å². The first-order chi connectivity index (χ1) is 24.3. The summed E-state index contributed by atoms with van der Waals surface area (Å²) < 4.78 is 8.27. The summed E-state index contributed by atoms with van der Waals surface area (Å²) in [6, 6.07) is 11.1. The molecule has 262 valence electrons. The molecule has 8 rings (SSSR count). The van der Waals surface area contributed by atoms with Crippen LogP contribution in [0.15, 0.2) is 54.1 Å². The maximum absolute atomic E-state index is 15.0. The average Bonchev–Trinajstić information content (AvgIpc) is 3.76. The highest BCUT2D eigenvalue weighted by atomic mass is 35.5. The Kier molecular flexibility index (Phi) is 7.48. The molecule has 0 spiro atoms. The number of amides is 6. The molecule has 3 N–H and O–H groups in total. The predicted octanol–water partition coefficient (Wildman–Crippen LogP) is 5.68. The van der Waals surface area contributed by atoms with E-state index in [1.54, 1.807) is 50.4 Å². The molecule has 12 nitrogen and oxygen atoms in total. The van der Waals surface area contributed by atoms with E-state index in [2.05, 4.69) is 0 Å². The fourth-order valence-corrected chi connectivity index (χ4v) is 10.3. The van der Waals surface area contributed by atoms with Crippen molar-refractivity contribution in [3.05, 3.63) is 70.3 Å². The van der Waals surface area contributed by atoms with E-state index < -0.39 is 64.7 Å². The number of urea groups is 1. The third-order valence-electron chi connectivity index (χ3n) is 11.3. The number of carbonyl (C=O) groups is 5. The minimum atomic E-state index is -1.34. The maximum Gasteiger partial charge on any atom is 0.328 e. The number of phenolic OH excluding ortho intramolecular Hbond substituents is 1. The number of benzene rings is 2. The predicted molar refractivity (Wildman–Crippen MR) is 189 cm³/mol. The molecule has 0 radical (unpaired) electrons. The summed E-state index contributed by atoms with van der Waals surface area (Å²) in [6.07, 6.45) is 2.14. The SMILES string of the molecule is CCOc1cc(C2C3=CCC4C(=O)N(C(N)=O)C(=O)C4C3CC3C(=O)N(c4cc(-c5sc6ccc(Cl)cc6c5C)nn4C)C(=O)C32C)ccc1O. The lowest BCUT2D eigenvalue weighted by molar-refractivity contribution is -0.136. The molecular formula is C37H34ClN5O7S. The smallest absolute Gasteiger partial charge is 0.328 e. The Morgan fingerprint density at radius 3 is 2.59 bits per heavy atom. The highest BCUT2D eigenvalue weighted by molar-refractivity contribution is 7.22.